The summed E-state index contributed by atoms with van der Waals surface area (Å²) in [6, 6.07) is 11.3. The first-order valence-electron chi connectivity index (χ1n) is 7.77. The van der Waals surface area contributed by atoms with Crippen LogP contribution in [0.5, 0.6) is 0 Å². The van der Waals surface area contributed by atoms with Crippen LogP contribution in [0.25, 0.3) is 0 Å². The first-order valence-corrected chi connectivity index (χ1v) is 7.77. The summed E-state index contributed by atoms with van der Waals surface area (Å²) in [5.41, 5.74) is 2.45. The molecule has 5 nitrogen and oxygen atoms in total. The number of amides is 1. The molecule has 0 spiro atoms. The summed E-state index contributed by atoms with van der Waals surface area (Å²) < 4.78 is 0. The zero-order chi connectivity index (χ0) is 16.7. The monoisotopic (exact) mass is 312 g/mol. The fourth-order valence-electron chi connectivity index (χ4n) is 2.17. The van der Waals surface area contributed by atoms with Crippen molar-refractivity contribution in [1.82, 2.24) is 9.88 Å². The van der Waals surface area contributed by atoms with Crippen molar-refractivity contribution >= 4 is 17.4 Å². The zero-order valence-corrected chi connectivity index (χ0v) is 14.0. The average molecular weight is 312 g/mol. The molecule has 0 aliphatic heterocycles. The quantitative estimate of drug-likeness (QED) is 0.772. The maximum Gasteiger partial charge on any atom is 0.257 e. The van der Waals surface area contributed by atoms with Crippen LogP contribution in [0.15, 0.2) is 42.6 Å². The number of pyridine rings is 1. The highest BCUT2D eigenvalue weighted by Gasteiger charge is 2.06. The van der Waals surface area contributed by atoms with Crippen LogP contribution in [-0.2, 0) is 0 Å². The van der Waals surface area contributed by atoms with Gasteiger partial charge in [0.1, 0.15) is 5.82 Å². The Morgan fingerprint density at radius 2 is 2.04 bits per heavy atom. The molecule has 5 heteroatoms. The first kappa shape index (κ1) is 17.0. The minimum atomic E-state index is -0.151. The van der Waals surface area contributed by atoms with Gasteiger partial charge in [0.05, 0.1) is 5.56 Å². The van der Waals surface area contributed by atoms with E-state index in [9.17, 15) is 4.79 Å². The summed E-state index contributed by atoms with van der Waals surface area (Å²) in [4.78, 5) is 18.6. The van der Waals surface area contributed by atoms with Crippen molar-refractivity contribution in [2.24, 2.45) is 0 Å². The summed E-state index contributed by atoms with van der Waals surface area (Å²) in [6.07, 6.45) is 2.64. The van der Waals surface area contributed by atoms with Crippen LogP contribution in [-0.4, -0.2) is 43.0 Å². The van der Waals surface area contributed by atoms with E-state index < -0.39 is 0 Å². The predicted molar refractivity (Wildman–Crippen MR) is 95.0 cm³/mol. The van der Waals surface area contributed by atoms with E-state index >= 15 is 0 Å². The second-order valence-electron chi connectivity index (χ2n) is 5.84. The summed E-state index contributed by atoms with van der Waals surface area (Å²) in [5.74, 6) is 0.637. The van der Waals surface area contributed by atoms with Crippen molar-refractivity contribution in [3.05, 3.63) is 53.7 Å². The maximum absolute atomic E-state index is 12.2. The van der Waals surface area contributed by atoms with Crippen LogP contribution in [0.4, 0.5) is 11.5 Å². The minimum absolute atomic E-state index is 0.151. The Labute approximate surface area is 137 Å². The Bertz CT molecular complexity index is 638. The van der Waals surface area contributed by atoms with Crippen LogP contribution in [0.3, 0.4) is 0 Å². The van der Waals surface area contributed by atoms with Gasteiger partial charge in [0.15, 0.2) is 0 Å². The second kappa shape index (κ2) is 8.29. The molecule has 2 N–H and O–H groups in total. The number of aromatic nitrogens is 1. The van der Waals surface area contributed by atoms with Gasteiger partial charge in [-0.2, -0.15) is 0 Å². The Morgan fingerprint density at radius 3 is 2.70 bits per heavy atom. The molecule has 0 aliphatic rings. The molecule has 23 heavy (non-hydrogen) atoms. The van der Waals surface area contributed by atoms with Crippen LogP contribution in [0.2, 0.25) is 0 Å². The molecule has 0 fully saturated rings. The number of benzene rings is 1. The number of rotatable bonds is 7. The Kier molecular flexibility index (Phi) is 6.11. The fraction of sp³-hybridized carbons (Fsp3) is 0.333. The number of hydrogen-bond donors (Lipinski definition) is 2. The Balaban J connectivity index is 1.87. The number of carbonyl (C=O) groups is 1. The zero-order valence-electron chi connectivity index (χ0n) is 14.0. The number of nitrogens with one attached hydrogen (secondary N) is 2. The molecule has 0 saturated heterocycles. The van der Waals surface area contributed by atoms with Crippen LogP contribution < -0.4 is 10.6 Å². The summed E-state index contributed by atoms with van der Waals surface area (Å²) in [6.45, 7) is 3.89. The third kappa shape index (κ3) is 5.71. The van der Waals surface area contributed by atoms with E-state index in [1.54, 1.807) is 12.3 Å². The van der Waals surface area contributed by atoms with E-state index in [0.717, 1.165) is 36.6 Å². The molecule has 0 unspecified atom stereocenters. The average Bonchev–Trinajstić information content (AvgIpc) is 2.52. The van der Waals surface area contributed by atoms with E-state index in [1.165, 1.54) is 0 Å². The highest BCUT2D eigenvalue weighted by molar-refractivity contribution is 6.04. The number of aryl methyl sites for hydroxylation is 1. The summed E-state index contributed by atoms with van der Waals surface area (Å²) >= 11 is 0. The van der Waals surface area contributed by atoms with E-state index in [0.29, 0.717) is 5.56 Å². The first-order chi connectivity index (χ1) is 11.0. The third-order valence-corrected chi connectivity index (χ3v) is 3.39. The molecule has 1 aromatic heterocycles. The van der Waals surface area contributed by atoms with Gasteiger partial charge in [-0.25, -0.2) is 4.98 Å². The maximum atomic E-state index is 12.2. The molecule has 2 aromatic rings. The molecule has 1 aromatic carbocycles. The van der Waals surface area contributed by atoms with Gasteiger partial charge in [-0.1, -0.05) is 12.1 Å². The van der Waals surface area contributed by atoms with Crippen molar-refractivity contribution in [3.63, 3.8) is 0 Å². The normalized spacial score (nSPS) is 10.6. The topological polar surface area (TPSA) is 57.3 Å². The SMILES string of the molecule is Cc1cccc(NC(=O)c2ccc(NCCCN(C)C)nc2)c1. The van der Waals surface area contributed by atoms with Crippen molar-refractivity contribution in [3.8, 4) is 0 Å². The molecule has 122 valence electrons. The second-order valence-corrected chi connectivity index (χ2v) is 5.84. The molecule has 0 bridgehead atoms. The number of anilines is 2. The largest absolute Gasteiger partial charge is 0.370 e. The highest BCUT2D eigenvalue weighted by atomic mass is 16.1. The molecule has 0 aliphatic carbocycles. The van der Waals surface area contributed by atoms with Crippen molar-refractivity contribution in [1.29, 1.82) is 0 Å². The molecular formula is C18H24N4O. The standard InChI is InChI=1S/C18H24N4O/c1-14-6-4-7-16(12-14)21-18(23)15-8-9-17(20-13-15)19-10-5-11-22(2)3/h4,6-9,12-13H,5,10-11H2,1-3H3,(H,19,20)(H,21,23). The molecule has 1 amide bonds. The van der Waals surface area contributed by atoms with Crippen LogP contribution in [0, 0.1) is 6.92 Å². The van der Waals surface area contributed by atoms with Gasteiger partial charge in [0.25, 0.3) is 5.91 Å². The molecule has 2 rings (SSSR count). The van der Waals surface area contributed by atoms with Crippen LogP contribution in [0.1, 0.15) is 22.3 Å². The smallest absolute Gasteiger partial charge is 0.257 e. The Morgan fingerprint density at radius 1 is 1.22 bits per heavy atom. The van der Waals surface area contributed by atoms with Gasteiger partial charge in [-0.15, -0.1) is 0 Å². The van der Waals surface area contributed by atoms with Crippen molar-refractivity contribution in [2.45, 2.75) is 13.3 Å². The van der Waals surface area contributed by atoms with Gasteiger partial charge >= 0.3 is 0 Å². The van der Waals surface area contributed by atoms with Crippen LogP contribution >= 0.6 is 0 Å². The third-order valence-electron chi connectivity index (χ3n) is 3.39. The van der Waals surface area contributed by atoms with E-state index in [2.05, 4.69) is 34.6 Å². The predicted octanol–water partition coefficient (Wildman–Crippen LogP) is 3.01. The molecule has 0 radical (unpaired) electrons. The lowest BCUT2D eigenvalue weighted by Gasteiger charge is -2.10. The minimum Gasteiger partial charge on any atom is -0.370 e. The highest BCUT2D eigenvalue weighted by Crippen LogP contribution is 2.12. The van der Waals surface area contributed by atoms with E-state index in [4.69, 9.17) is 0 Å². The van der Waals surface area contributed by atoms with E-state index in [1.807, 2.05) is 37.3 Å². The van der Waals surface area contributed by atoms with E-state index in [-0.39, 0.29) is 5.91 Å². The summed E-state index contributed by atoms with van der Waals surface area (Å²) in [5, 5.41) is 6.13. The van der Waals surface area contributed by atoms with Crippen molar-refractivity contribution in [2.75, 3.05) is 37.8 Å². The number of carbonyl (C=O) groups excluding carboxylic acids is 1. The Hall–Kier alpha value is -2.40. The van der Waals surface area contributed by atoms with Gasteiger partial charge in [0, 0.05) is 18.4 Å². The molecule has 0 atom stereocenters. The van der Waals surface area contributed by atoms with Gasteiger partial charge in [-0.3, -0.25) is 4.79 Å². The molecule has 1 heterocycles. The van der Waals surface area contributed by atoms with Gasteiger partial charge in [-0.05, 0) is 63.8 Å². The molecule has 0 saturated carbocycles. The molecular weight excluding hydrogens is 288 g/mol. The lowest BCUT2D eigenvalue weighted by Crippen LogP contribution is -2.17. The lowest BCUT2D eigenvalue weighted by atomic mass is 10.2. The summed E-state index contributed by atoms with van der Waals surface area (Å²) in [7, 11) is 4.11. The fourth-order valence-corrected chi connectivity index (χ4v) is 2.17. The van der Waals surface area contributed by atoms with Crippen molar-refractivity contribution < 1.29 is 4.79 Å². The number of hydrogen-bond acceptors (Lipinski definition) is 4. The van der Waals surface area contributed by atoms with Gasteiger partial charge < -0.3 is 15.5 Å². The lowest BCUT2D eigenvalue weighted by molar-refractivity contribution is 0.102. The number of nitrogens with zero attached hydrogens (tertiary/aromatic N) is 2. The van der Waals surface area contributed by atoms with Gasteiger partial charge in [0.2, 0.25) is 0 Å².